The molecule has 1 saturated heterocycles. The maximum atomic E-state index is 8.69. The van der Waals surface area contributed by atoms with Gasteiger partial charge in [-0.1, -0.05) is 31.8 Å². The molecule has 20 heavy (non-hydrogen) atoms. The van der Waals surface area contributed by atoms with E-state index < -0.39 is 0 Å². The molecule has 2 rings (SSSR count). The molecule has 1 N–H and O–H groups in total. The molecular formula is C17H23NO2. The van der Waals surface area contributed by atoms with E-state index in [4.69, 9.17) is 9.84 Å². The lowest BCUT2D eigenvalue weighted by molar-refractivity contribution is 0.222. The molecule has 0 aliphatic carbocycles. The average molecular weight is 273 g/mol. The highest BCUT2D eigenvalue weighted by Crippen LogP contribution is 2.28. The van der Waals surface area contributed by atoms with Gasteiger partial charge in [-0.25, -0.2) is 0 Å². The summed E-state index contributed by atoms with van der Waals surface area (Å²) in [5.74, 6) is 6.37. The van der Waals surface area contributed by atoms with Gasteiger partial charge in [-0.3, -0.25) is 4.90 Å². The van der Waals surface area contributed by atoms with Gasteiger partial charge >= 0.3 is 0 Å². The Labute approximate surface area is 121 Å². The van der Waals surface area contributed by atoms with Crippen molar-refractivity contribution in [1.82, 2.24) is 4.90 Å². The maximum absolute atomic E-state index is 8.69. The van der Waals surface area contributed by atoms with E-state index in [1.165, 1.54) is 13.0 Å². The van der Waals surface area contributed by atoms with Crippen LogP contribution in [0.2, 0.25) is 0 Å². The molecule has 0 saturated carbocycles. The topological polar surface area (TPSA) is 32.7 Å². The van der Waals surface area contributed by atoms with Crippen LogP contribution < -0.4 is 4.74 Å². The van der Waals surface area contributed by atoms with Crippen LogP contribution in [-0.2, 0) is 0 Å². The molecule has 1 fully saturated rings. The Hall–Kier alpha value is -1.50. The third kappa shape index (κ3) is 4.56. The molecule has 1 aromatic carbocycles. The number of hydrogen-bond acceptors (Lipinski definition) is 3. The quantitative estimate of drug-likeness (QED) is 0.853. The smallest absolute Gasteiger partial charge is 0.120 e. The molecule has 0 bridgehead atoms. The van der Waals surface area contributed by atoms with Gasteiger partial charge in [0, 0.05) is 18.7 Å². The number of benzene rings is 1. The fourth-order valence-corrected chi connectivity index (χ4v) is 2.51. The monoisotopic (exact) mass is 273 g/mol. The second-order valence-electron chi connectivity index (χ2n) is 6.03. The molecule has 1 aliphatic heterocycles. The van der Waals surface area contributed by atoms with Crippen LogP contribution in [0.4, 0.5) is 0 Å². The zero-order chi connectivity index (χ0) is 14.4. The highest BCUT2D eigenvalue weighted by Gasteiger charge is 2.28. The van der Waals surface area contributed by atoms with Gasteiger partial charge in [0.05, 0.1) is 0 Å². The Morgan fingerprint density at radius 3 is 2.95 bits per heavy atom. The molecule has 0 aromatic heterocycles. The second kappa shape index (κ2) is 6.78. The summed E-state index contributed by atoms with van der Waals surface area (Å²) in [6.45, 7) is 8.50. The largest absolute Gasteiger partial charge is 0.492 e. The van der Waals surface area contributed by atoms with Crippen LogP contribution in [0.25, 0.3) is 0 Å². The van der Waals surface area contributed by atoms with E-state index in [1.54, 1.807) is 0 Å². The van der Waals surface area contributed by atoms with E-state index in [0.717, 1.165) is 24.4 Å². The minimum Gasteiger partial charge on any atom is -0.492 e. The first kappa shape index (κ1) is 14.9. The highest BCUT2D eigenvalue weighted by molar-refractivity contribution is 5.39. The Kier molecular flexibility index (Phi) is 5.05. The summed E-state index contributed by atoms with van der Waals surface area (Å²) < 4.78 is 5.78. The van der Waals surface area contributed by atoms with Gasteiger partial charge in [0.25, 0.3) is 0 Å². The first-order valence-corrected chi connectivity index (χ1v) is 7.14. The van der Waals surface area contributed by atoms with E-state index in [-0.39, 0.29) is 6.61 Å². The summed E-state index contributed by atoms with van der Waals surface area (Å²) >= 11 is 0. The van der Waals surface area contributed by atoms with E-state index in [9.17, 15) is 0 Å². The van der Waals surface area contributed by atoms with Crippen molar-refractivity contribution in [2.75, 3.05) is 32.8 Å². The van der Waals surface area contributed by atoms with Crippen molar-refractivity contribution in [1.29, 1.82) is 0 Å². The summed E-state index contributed by atoms with van der Waals surface area (Å²) in [5.41, 5.74) is 1.32. The van der Waals surface area contributed by atoms with Crippen molar-refractivity contribution in [3.8, 4) is 17.6 Å². The second-order valence-corrected chi connectivity index (χ2v) is 6.03. The van der Waals surface area contributed by atoms with E-state index >= 15 is 0 Å². The maximum Gasteiger partial charge on any atom is 0.120 e. The molecule has 3 heteroatoms. The van der Waals surface area contributed by atoms with Gasteiger partial charge in [-0.15, -0.1) is 0 Å². The number of hydrogen-bond donors (Lipinski definition) is 1. The van der Waals surface area contributed by atoms with Gasteiger partial charge in [-0.2, -0.15) is 0 Å². The fraction of sp³-hybridized carbons (Fsp3) is 0.529. The third-order valence-corrected chi connectivity index (χ3v) is 3.58. The minimum absolute atomic E-state index is 0.115. The summed E-state index contributed by atoms with van der Waals surface area (Å²) in [6, 6.07) is 7.70. The lowest BCUT2D eigenvalue weighted by Crippen LogP contribution is -2.27. The number of aliphatic hydroxyl groups excluding tert-OH is 1. The molecule has 1 aromatic rings. The molecule has 0 atom stereocenters. The lowest BCUT2D eigenvalue weighted by atomic mass is 9.93. The number of aliphatic hydroxyl groups is 1. The Morgan fingerprint density at radius 1 is 1.40 bits per heavy atom. The van der Waals surface area contributed by atoms with Gasteiger partial charge in [0.15, 0.2) is 0 Å². The highest BCUT2D eigenvalue weighted by atomic mass is 16.5. The standard InChI is InChI=1S/C17H23NO2/c1-17(2)8-9-18(14-17)10-12-20-16-7-3-5-15(13-16)6-4-11-19/h3,5,7,13,19H,8-12,14H2,1-2H3. The Balaban J connectivity index is 1.80. The zero-order valence-electron chi connectivity index (χ0n) is 12.4. The predicted molar refractivity (Wildman–Crippen MR) is 80.7 cm³/mol. The summed E-state index contributed by atoms with van der Waals surface area (Å²) in [4.78, 5) is 2.45. The summed E-state index contributed by atoms with van der Waals surface area (Å²) in [7, 11) is 0. The SMILES string of the molecule is CC1(C)CCN(CCOc2cccc(C#CCO)c2)C1. The number of ether oxygens (including phenoxy) is 1. The van der Waals surface area contributed by atoms with Gasteiger partial charge in [0.1, 0.15) is 19.0 Å². The molecule has 0 radical (unpaired) electrons. The van der Waals surface area contributed by atoms with Crippen molar-refractivity contribution >= 4 is 0 Å². The van der Waals surface area contributed by atoms with Crippen LogP contribution in [0, 0.1) is 17.3 Å². The van der Waals surface area contributed by atoms with Crippen molar-refractivity contribution < 1.29 is 9.84 Å². The number of likely N-dealkylation sites (tertiary alicyclic amines) is 1. The van der Waals surface area contributed by atoms with Crippen molar-refractivity contribution in [3.05, 3.63) is 29.8 Å². The Bertz CT molecular complexity index is 499. The van der Waals surface area contributed by atoms with Crippen molar-refractivity contribution in [2.24, 2.45) is 5.41 Å². The summed E-state index contributed by atoms with van der Waals surface area (Å²) in [6.07, 6.45) is 1.26. The molecule has 3 nitrogen and oxygen atoms in total. The minimum atomic E-state index is -0.115. The van der Waals surface area contributed by atoms with E-state index in [0.29, 0.717) is 12.0 Å². The van der Waals surface area contributed by atoms with Gasteiger partial charge in [0.2, 0.25) is 0 Å². The molecule has 108 valence electrons. The Morgan fingerprint density at radius 2 is 2.25 bits per heavy atom. The van der Waals surface area contributed by atoms with E-state index in [2.05, 4.69) is 30.6 Å². The zero-order valence-corrected chi connectivity index (χ0v) is 12.4. The third-order valence-electron chi connectivity index (χ3n) is 3.58. The first-order chi connectivity index (χ1) is 9.59. The normalized spacial score (nSPS) is 17.6. The molecule has 1 heterocycles. The van der Waals surface area contributed by atoms with Crippen LogP contribution in [0.15, 0.2) is 24.3 Å². The fourth-order valence-electron chi connectivity index (χ4n) is 2.51. The molecule has 0 amide bonds. The number of nitrogens with zero attached hydrogens (tertiary/aromatic N) is 1. The van der Waals surface area contributed by atoms with Gasteiger partial charge in [-0.05, 0) is 36.6 Å². The lowest BCUT2D eigenvalue weighted by Gasteiger charge is -2.19. The van der Waals surface area contributed by atoms with Crippen LogP contribution in [0.1, 0.15) is 25.8 Å². The van der Waals surface area contributed by atoms with Crippen LogP contribution >= 0.6 is 0 Å². The van der Waals surface area contributed by atoms with Crippen molar-refractivity contribution in [2.45, 2.75) is 20.3 Å². The molecule has 0 spiro atoms. The first-order valence-electron chi connectivity index (χ1n) is 7.14. The summed E-state index contributed by atoms with van der Waals surface area (Å²) in [5, 5.41) is 8.69. The number of rotatable bonds is 4. The van der Waals surface area contributed by atoms with E-state index in [1.807, 2.05) is 24.3 Å². The van der Waals surface area contributed by atoms with Crippen molar-refractivity contribution in [3.63, 3.8) is 0 Å². The molecular weight excluding hydrogens is 250 g/mol. The average Bonchev–Trinajstić information content (AvgIpc) is 2.76. The van der Waals surface area contributed by atoms with Crippen LogP contribution in [-0.4, -0.2) is 42.9 Å². The molecule has 0 unspecified atom stereocenters. The predicted octanol–water partition coefficient (Wildman–Crippen LogP) is 2.14. The molecule has 1 aliphatic rings. The van der Waals surface area contributed by atoms with Crippen LogP contribution in [0.3, 0.4) is 0 Å². The van der Waals surface area contributed by atoms with Gasteiger partial charge < -0.3 is 9.84 Å². The van der Waals surface area contributed by atoms with Crippen LogP contribution in [0.5, 0.6) is 5.75 Å².